The van der Waals surface area contributed by atoms with E-state index in [0.717, 1.165) is 54.5 Å². The lowest BCUT2D eigenvalue weighted by Gasteiger charge is -2.23. The van der Waals surface area contributed by atoms with Crippen molar-refractivity contribution in [1.29, 1.82) is 0 Å². The Kier molecular flexibility index (Phi) is 3.96. The van der Waals surface area contributed by atoms with Gasteiger partial charge in [0.2, 0.25) is 0 Å². The number of hydrogen-bond acceptors (Lipinski definition) is 2. The Morgan fingerprint density at radius 1 is 1.32 bits per heavy atom. The molecule has 1 aliphatic rings. The largest absolute Gasteiger partial charge is 0.381 e. The number of rotatable bonds is 3. The van der Waals surface area contributed by atoms with E-state index in [1.165, 1.54) is 0 Å². The van der Waals surface area contributed by atoms with Gasteiger partial charge in [0.25, 0.3) is 0 Å². The van der Waals surface area contributed by atoms with Gasteiger partial charge in [0.15, 0.2) is 0 Å². The summed E-state index contributed by atoms with van der Waals surface area (Å²) in [4.78, 5) is 4.58. The average Bonchev–Trinajstić information content (AvgIpc) is 2.78. The lowest BCUT2D eigenvalue weighted by Crippen LogP contribution is -2.21. The molecule has 0 radical (unpaired) electrons. The van der Waals surface area contributed by atoms with Gasteiger partial charge in [-0.25, -0.2) is 4.98 Å². The Morgan fingerprint density at radius 3 is 2.84 bits per heavy atom. The van der Waals surface area contributed by atoms with Gasteiger partial charge in [0.1, 0.15) is 5.82 Å². The number of hydrogen-bond donors (Lipinski definition) is 0. The quantitative estimate of drug-likeness (QED) is 0.805. The third-order valence-electron chi connectivity index (χ3n) is 3.69. The molecule has 1 fully saturated rings. The first kappa shape index (κ1) is 13.2. The highest BCUT2D eigenvalue weighted by Crippen LogP contribution is 2.25. The second-order valence-electron chi connectivity index (χ2n) is 4.96. The van der Waals surface area contributed by atoms with Crippen molar-refractivity contribution in [2.75, 3.05) is 13.2 Å². The summed E-state index contributed by atoms with van der Waals surface area (Å²) in [5.74, 6) is 1.98. The summed E-state index contributed by atoms with van der Waals surface area (Å²) in [6, 6.07) is 5.79. The molecule has 102 valence electrons. The van der Waals surface area contributed by atoms with E-state index < -0.39 is 0 Å². The summed E-state index contributed by atoms with van der Waals surface area (Å²) >= 11 is 12.1. The Bertz CT molecular complexity index is 576. The van der Waals surface area contributed by atoms with Crippen molar-refractivity contribution >= 4 is 34.2 Å². The highest BCUT2D eigenvalue weighted by molar-refractivity contribution is 6.31. The summed E-state index contributed by atoms with van der Waals surface area (Å²) in [5.41, 5.74) is 2.04. The van der Waals surface area contributed by atoms with Crippen molar-refractivity contribution in [2.45, 2.75) is 25.3 Å². The van der Waals surface area contributed by atoms with E-state index in [1.807, 2.05) is 18.2 Å². The summed E-state index contributed by atoms with van der Waals surface area (Å²) in [7, 11) is 0. The van der Waals surface area contributed by atoms with Crippen LogP contribution in [0.5, 0.6) is 0 Å². The molecule has 1 aromatic heterocycles. The van der Waals surface area contributed by atoms with Crippen molar-refractivity contribution in [3.8, 4) is 0 Å². The smallest absolute Gasteiger partial charge is 0.124 e. The molecular weight excluding hydrogens is 283 g/mol. The summed E-state index contributed by atoms with van der Waals surface area (Å²) in [5, 5.41) is 0.738. The molecule has 0 atom stereocenters. The fraction of sp³-hybridized carbons (Fsp3) is 0.500. The van der Waals surface area contributed by atoms with Crippen LogP contribution in [0.2, 0.25) is 5.02 Å². The maximum atomic E-state index is 6.09. The van der Waals surface area contributed by atoms with Gasteiger partial charge in [-0.2, -0.15) is 0 Å². The second-order valence-corrected chi connectivity index (χ2v) is 5.66. The maximum Gasteiger partial charge on any atom is 0.124 e. The molecule has 1 aliphatic heterocycles. The first-order chi connectivity index (χ1) is 9.28. The Balaban J connectivity index is 1.97. The highest BCUT2D eigenvalue weighted by Gasteiger charge is 2.18. The fourth-order valence-electron chi connectivity index (χ4n) is 2.64. The van der Waals surface area contributed by atoms with Gasteiger partial charge < -0.3 is 9.30 Å². The van der Waals surface area contributed by atoms with E-state index in [1.54, 1.807) is 0 Å². The molecule has 0 aliphatic carbocycles. The summed E-state index contributed by atoms with van der Waals surface area (Å²) in [6.07, 6.45) is 2.20. The van der Waals surface area contributed by atoms with Crippen LogP contribution < -0.4 is 0 Å². The predicted molar refractivity (Wildman–Crippen MR) is 77.8 cm³/mol. The van der Waals surface area contributed by atoms with Gasteiger partial charge in [-0.3, -0.25) is 0 Å². The first-order valence-corrected chi connectivity index (χ1v) is 7.47. The normalized spacial score (nSPS) is 17.2. The van der Waals surface area contributed by atoms with Crippen molar-refractivity contribution in [2.24, 2.45) is 5.92 Å². The van der Waals surface area contributed by atoms with Crippen LogP contribution >= 0.6 is 23.2 Å². The molecule has 0 spiro atoms. The van der Waals surface area contributed by atoms with E-state index in [4.69, 9.17) is 27.9 Å². The Morgan fingerprint density at radius 2 is 2.11 bits per heavy atom. The van der Waals surface area contributed by atoms with Crippen LogP contribution in [0.25, 0.3) is 11.0 Å². The predicted octanol–water partition coefficient (Wildman–Crippen LogP) is 3.86. The minimum atomic E-state index is 0.426. The molecule has 1 aromatic carbocycles. The molecule has 2 heterocycles. The number of fused-ring (bicyclic) bond motifs is 1. The molecule has 3 nitrogen and oxygen atoms in total. The van der Waals surface area contributed by atoms with Gasteiger partial charge in [-0.05, 0) is 37.0 Å². The van der Waals surface area contributed by atoms with Crippen LogP contribution in [0.4, 0.5) is 0 Å². The molecule has 0 N–H and O–H groups in total. The van der Waals surface area contributed by atoms with Gasteiger partial charge >= 0.3 is 0 Å². The number of benzene rings is 1. The standard InChI is InChI=1S/C14H16Cl2N2O/c15-8-14-17-12-2-1-11(16)7-13(12)18(14)9-10-3-5-19-6-4-10/h1-2,7,10H,3-6,8-9H2. The fourth-order valence-corrected chi connectivity index (χ4v) is 3.01. The number of ether oxygens (including phenoxy) is 1. The molecule has 19 heavy (non-hydrogen) atoms. The van der Waals surface area contributed by atoms with Crippen LogP contribution in [0.3, 0.4) is 0 Å². The highest BCUT2D eigenvalue weighted by atomic mass is 35.5. The van der Waals surface area contributed by atoms with Gasteiger partial charge in [-0.15, -0.1) is 11.6 Å². The Labute approximate surface area is 122 Å². The van der Waals surface area contributed by atoms with Crippen molar-refractivity contribution < 1.29 is 4.74 Å². The third-order valence-corrected chi connectivity index (χ3v) is 4.16. The van der Waals surface area contributed by atoms with Crippen molar-refractivity contribution in [1.82, 2.24) is 9.55 Å². The molecule has 1 saturated heterocycles. The molecule has 0 saturated carbocycles. The monoisotopic (exact) mass is 298 g/mol. The first-order valence-electron chi connectivity index (χ1n) is 6.56. The number of halogens is 2. The van der Waals surface area contributed by atoms with Crippen LogP contribution in [0.15, 0.2) is 18.2 Å². The molecule has 5 heteroatoms. The number of aromatic nitrogens is 2. The second kappa shape index (κ2) is 5.70. The van der Waals surface area contributed by atoms with E-state index in [9.17, 15) is 0 Å². The zero-order valence-electron chi connectivity index (χ0n) is 10.6. The lowest BCUT2D eigenvalue weighted by molar-refractivity contribution is 0.0614. The zero-order chi connectivity index (χ0) is 13.2. The van der Waals surface area contributed by atoms with Gasteiger partial charge in [0.05, 0.1) is 16.9 Å². The van der Waals surface area contributed by atoms with E-state index in [-0.39, 0.29) is 0 Å². The maximum absolute atomic E-state index is 6.09. The number of imidazole rings is 1. The van der Waals surface area contributed by atoms with Gasteiger partial charge in [-0.1, -0.05) is 11.6 Å². The molecule has 3 rings (SSSR count). The summed E-state index contributed by atoms with van der Waals surface area (Å²) in [6.45, 7) is 2.66. The van der Waals surface area contributed by atoms with Gasteiger partial charge in [0, 0.05) is 24.8 Å². The van der Waals surface area contributed by atoms with Crippen molar-refractivity contribution in [3.05, 3.63) is 29.0 Å². The molecule has 2 aromatic rings. The molecule has 0 bridgehead atoms. The Hall–Kier alpha value is -0.770. The average molecular weight is 299 g/mol. The van der Waals surface area contributed by atoms with Crippen LogP contribution in [0.1, 0.15) is 18.7 Å². The SMILES string of the molecule is ClCc1nc2ccc(Cl)cc2n1CC1CCOCC1. The zero-order valence-corrected chi connectivity index (χ0v) is 12.1. The topological polar surface area (TPSA) is 27.1 Å². The van der Waals surface area contributed by atoms with E-state index >= 15 is 0 Å². The van der Waals surface area contributed by atoms with Crippen LogP contribution in [0, 0.1) is 5.92 Å². The van der Waals surface area contributed by atoms with E-state index in [2.05, 4.69) is 9.55 Å². The van der Waals surface area contributed by atoms with Crippen LogP contribution in [-0.2, 0) is 17.2 Å². The van der Waals surface area contributed by atoms with Crippen molar-refractivity contribution in [3.63, 3.8) is 0 Å². The third kappa shape index (κ3) is 2.73. The number of alkyl halides is 1. The molecule has 0 amide bonds. The summed E-state index contributed by atoms with van der Waals surface area (Å²) < 4.78 is 7.62. The van der Waals surface area contributed by atoms with E-state index in [0.29, 0.717) is 11.8 Å². The minimum absolute atomic E-state index is 0.426. The lowest BCUT2D eigenvalue weighted by atomic mass is 10.0. The molecular formula is C14H16Cl2N2O. The number of nitrogens with zero attached hydrogens (tertiary/aromatic N) is 2. The van der Waals surface area contributed by atoms with Crippen LogP contribution in [-0.4, -0.2) is 22.8 Å². The minimum Gasteiger partial charge on any atom is -0.381 e. The molecule has 0 unspecified atom stereocenters.